The van der Waals surface area contributed by atoms with E-state index in [-0.39, 0.29) is 0 Å². The fourth-order valence-corrected chi connectivity index (χ4v) is 1.25. The summed E-state index contributed by atoms with van der Waals surface area (Å²) in [6.45, 7) is 0. The molecule has 0 bridgehead atoms. The van der Waals surface area contributed by atoms with Crippen LogP contribution in [0.4, 0.5) is 0 Å². The van der Waals surface area contributed by atoms with E-state index in [1.807, 2.05) is 0 Å². The molecule has 0 aliphatic heterocycles. The maximum absolute atomic E-state index is 10.3. The van der Waals surface area contributed by atoms with Crippen LogP contribution in [0.1, 0.15) is 12.0 Å². The molecule has 0 aromatic carbocycles. The van der Waals surface area contributed by atoms with Crippen molar-refractivity contribution in [2.24, 2.45) is 0 Å². The molecule has 4 heteroatoms. The summed E-state index contributed by atoms with van der Waals surface area (Å²) in [7, 11) is 3.14. The van der Waals surface area contributed by atoms with Crippen LogP contribution in [-0.4, -0.2) is 25.5 Å². The molecule has 1 rings (SSSR count). The predicted molar refractivity (Wildman–Crippen MR) is 51.7 cm³/mol. The second-order valence-electron chi connectivity index (χ2n) is 2.73. The van der Waals surface area contributed by atoms with E-state index in [0.29, 0.717) is 24.3 Å². The number of pyridine rings is 1. The molecule has 1 heterocycles. The van der Waals surface area contributed by atoms with Crippen LogP contribution in [0.25, 0.3) is 0 Å². The first-order valence-corrected chi connectivity index (χ1v) is 4.32. The van der Waals surface area contributed by atoms with Gasteiger partial charge in [0.25, 0.3) is 0 Å². The summed E-state index contributed by atoms with van der Waals surface area (Å²) in [4.78, 5) is 14.2. The van der Waals surface area contributed by atoms with Crippen LogP contribution in [0.15, 0.2) is 12.4 Å². The molecule has 4 nitrogen and oxygen atoms in total. The number of aldehydes is 1. The van der Waals surface area contributed by atoms with Gasteiger partial charge in [-0.25, -0.2) is 0 Å². The second kappa shape index (κ2) is 5.21. The van der Waals surface area contributed by atoms with Gasteiger partial charge in [-0.05, 0) is 6.42 Å². The van der Waals surface area contributed by atoms with Crippen molar-refractivity contribution in [3.05, 3.63) is 18.0 Å². The fourth-order valence-electron chi connectivity index (χ4n) is 1.25. The lowest BCUT2D eigenvalue weighted by molar-refractivity contribution is -0.107. The average Bonchev–Trinajstić information content (AvgIpc) is 2.25. The van der Waals surface area contributed by atoms with Gasteiger partial charge in [-0.3, -0.25) is 4.98 Å². The molecular formula is C10H13NO3. The van der Waals surface area contributed by atoms with E-state index < -0.39 is 0 Å². The first-order chi connectivity index (χ1) is 6.83. The monoisotopic (exact) mass is 195 g/mol. The third kappa shape index (κ3) is 2.22. The predicted octanol–water partition coefficient (Wildman–Crippen LogP) is 1.23. The summed E-state index contributed by atoms with van der Waals surface area (Å²) in [5.74, 6) is 1.32. The molecule has 0 spiro atoms. The smallest absolute Gasteiger partial charge is 0.144 e. The minimum absolute atomic E-state index is 0.455. The van der Waals surface area contributed by atoms with Crippen LogP contribution >= 0.6 is 0 Å². The van der Waals surface area contributed by atoms with E-state index in [1.165, 1.54) is 0 Å². The summed E-state index contributed by atoms with van der Waals surface area (Å²) in [6.07, 6.45) is 5.17. The molecule has 0 aliphatic carbocycles. The number of hydrogen-bond acceptors (Lipinski definition) is 4. The molecule has 0 N–H and O–H groups in total. The second-order valence-corrected chi connectivity index (χ2v) is 2.73. The van der Waals surface area contributed by atoms with Crippen LogP contribution < -0.4 is 9.47 Å². The molecule has 0 amide bonds. The van der Waals surface area contributed by atoms with Crippen molar-refractivity contribution in [3.63, 3.8) is 0 Å². The van der Waals surface area contributed by atoms with Gasteiger partial charge in [-0.15, -0.1) is 0 Å². The minimum atomic E-state index is 0.455. The molecule has 0 unspecified atom stereocenters. The molecule has 1 aromatic rings. The number of hydrogen-bond donors (Lipinski definition) is 0. The van der Waals surface area contributed by atoms with Crippen molar-refractivity contribution in [1.82, 2.24) is 4.98 Å². The Kier molecular flexibility index (Phi) is 3.91. The minimum Gasteiger partial charge on any atom is -0.495 e. The zero-order chi connectivity index (χ0) is 10.4. The largest absolute Gasteiger partial charge is 0.495 e. The number of methoxy groups -OCH3 is 2. The standard InChI is InChI=1S/C10H13NO3/c1-13-9-6-11-7-10(14-2)8(9)4-3-5-12/h5-7H,3-4H2,1-2H3. The Morgan fingerprint density at radius 1 is 1.29 bits per heavy atom. The molecule has 0 saturated carbocycles. The average molecular weight is 195 g/mol. The first kappa shape index (κ1) is 10.5. The molecule has 0 fully saturated rings. The maximum Gasteiger partial charge on any atom is 0.144 e. The summed E-state index contributed by atoms with van der Waals surface area (Å²) in [5.41, 5.74) is 0.886. The molecule has 1 aromatic heterocycles. The molecule has 14 heavy (non-hydrogen) atoms. The Labute approximate surface area is 82.9 Å². The third-order valence-corrected chi connectivity index (χ3v) is 1.93. The quantitative estimate of drug-likeness (QED) is 0.663. The lowest BCUT2D eigenvalue weighted by Gasteiger charge is -2.10. The first-order valence-electron chi connectivity index (χ1n) is 4.32. The highest BCUT2D eigenvalue weighted by Crippen LogP contribution is 2.27. The Morgan fingerprint density at radius 2 is 1.86 bits per heavy atom. The highest BCUT2D eigenvalue weighted by Gasteiger charge is 2.09. The van der Waals surface area contributed by atoms with E-state index >= 15 is 0 Å². The van der Waals surface area contributed by atoms with Crippen molar-refractivity contribution in [2.75, 3.05) is 14.2 Å². The van der Waals surface area contributed by atoms with Crippen LogP contribution in [0, 0.1) is 0 Å². The number of ether oxygens (including phenoxy) is 2. The highest BCUT2D eigenvalue weighted by atomic mass is 16.5. The SMILES string of the molecule is COc1cncc(OC)c1CCC=O. The van der Waals surface area contributed by atoms with Crippen LogP contribution in [0.5, 0.6) is 11.5 Å². The zero-order valence-corrected chi connectivity index (χ0v) is 8.32. The van der Waals surface area contributed by atoms with Crippen molar-refractivity contribution in [3.8, 4) is 11.5 Å². The van der Waals surface area contributed by atoms with E-state index in [2.05, 4.69) is 4.98 Å². The van der Waals surface area contributed by atoms with Gasteiger partial charge in [0.2, 0.25) is 0 Å². The Hall–Kier alpha value is -1.58. The van der Waals surface area contributed by atoms with Gasteiger partial charge in [-0.2, -0.15) is 0 Å². The van der Waals surface area contributed by atoms with Crippen molar-refractivity contribution in [1.29, 1.82) is 0 Å². The lowest BCUT2D eigenvalue weighted by atomic mass is 10.1. The fraction of sp³-hybridized carbons (Fsp3) is 0.400. The Bertz CT molecular complexity index is 290. The number of nitrogens with zero attached hydrogens (tertiary/aromatic N) is 1. The van der Waals surface area contributed by atoms with Crippen molar-refractivity contribution >= 4 is 6.29 Å². The summed E-state index contributed by atoms with van der Waals surface area (Å²) < 4.78 is 10.3. The van der Waals surface area contributed by atoms with Crippen LogP contribution in [0.3, 0.4) is 0 Å². The maximum atomic E-state index is 10.3. The highest BCUT2D eigenvalue weighted by molar-refractivity contribution is 5.52. The summed E-state index contributed by atoms with van der Waals surface area (Å²) in [6, 6.07) is 0. The van der Waals surface area contributed by atoms with Crippen LogP contribution in [0.2, 0.25) is 0 Å². The summed E-state index contributed by atoms with van der Waals surface area (Å²) in [5, 5.41) is 0. The van der Waals surface area contributed by atoms with E-state index in [4.69, 9.17) is 9.47 Å². The Morgan fingerprint density at radius 3 is 2.29 bits per heavy atom. The normalized spacial score (nSPS) is 9.57. The van der Waals surface area contributed by atoms with E-state index in [0.717, 1.165) is 11.8 Å². The van der Waals surface area contributed by atoms with Gasteiger partial charge in [-0.1, -0.05) is 0 Å². The van der Waals surface area contributed by atoms with Crippen molar-refractivity contribution < 1.29 is 14.3 Å². The van der Waals surface area contributed by atoms with Gasteiger partial charge < -0.3 is 14.3 Å². The third-order valence-electron chi connectivity index (χ3n) is 1.93. The topological polar surface area (TPSA) is 48.4 Å². The number of rotatable bonds is 5. The van der Waals surface area contributed by atoms with Gasteiger partial charge in [0.05, 0.1) is 26.6 Å². The van der Waals surface area contributed by atoms with Gasteiger partial charge in [0.1, 0.15) is 17.8 Å². The van der Waals surface area contributed by atoms with Crippen LogP contribution in [-0.2, 0) is 11.2 Å². The molecule has 76 valence electrons. The molecule has 0 saturated heterocycles. The molecule has 0 aliphatic rings. The number of carbonyl (C=O) groups excluding carboxylic acids is 1. The molecule has 0 atom stereocenters. The number of aromatic nitrogens is 1. The lowest BCUT2D eigenvalue weighted by Crippen LogP contribution is -1.98. The van der Waals surface area contributed by atoms with Gasteiger partial charge >= 0.3 is 0 Å². The molecule has 0 radical (unpaired) electrons. The van der Waals surface area contributed by atoms with E-state index in [9.17, 15) is 4.79 Å². The Balaban J connectivity index is 2.99. The van der Waals surface area contributed by atoms with Gasteiger partial charge in [0, 0.05) is 12.0 Å². The molecular weight excluding hydrogens is 182 g/mol. The zero-order valence-electron chi connectivity index (χ0n) is 8.32. The number of carbonyl (C=O) groups is 1. The van der Waals surface area contributed by atoms with Gasteiger partial charge in [0.15, 0.2) is 0 Å². The summed E-state index contributed by atoms with van der Waals surface area (Å²) >= 11 is 0. The van der Waals surface area contributed by atoms with Crippen molar-refractivity contribution in [2.45, 2.75) is 12.8 Å². The van der Waals surface area contributed by atoms with E-state index in [1.54, 1.807) is 26.6 Å².